The monoisotopic (exact) mass is 537 g/mol. The van der Waals surface area contributed by atoms with E-state index in [2.05, 4.69) is 42.1 Å². The van der Waals surface area contributed by atoms with Crippen molar-refractivity contribution in [1.29, 1.82) is 0 Å². The summed E-state index contributed by atoms with van der Waals surface area (Å²) in [7, 11) is 0.526. The predicted octanol–water partition coefficient (Wildman–Crippen LogP) is 5.31. The maximum atomic E-state index is 12.9. The van der Waals surface area contributed by atoms with Crippen LogP contribution in [0.3, 0.4) is 0 Å². The minimum absolute atomic E-state index is 0.00654. The normalized spacial score (nSPS) is 22.0. The minimum atomic E-state index is -0.297. The van der Waals surface area contributed by atoms with Crippen LogP contribution in [0.25, 0.3) is 0 Å². The second kappa shape index (κ2) is 12.1. The zero-order chi connectivity index (χ0) is 26.5. The number of amides is 2. The van der Waals surface area contributed by atoms with Crippen LogP contribution < -0.4 is 16.4 Å². The van der Waals surface area contributed by atoms with Gasteiger partial charge in [-0.3, -0.25) is 19.9 Å². The highest BCUT2D eigenvalue weighted by Gasteiger charge is 2.26. The molecule has 2 aromatic rings. The van der Waals surface area contributed by atoms with E-state index in [9.17, 15) is 9.59 Å². The number of rotatable bonds is 7. The summed E-state index contributed by atoms with van der Waals surface area (Å²) in [6.45, 7) is 9.48. The number of hydrogen-bond donors (Lipinski definition) is 3. The van der Waals surface area contributed by atoms with Gasteiger partial charge < -0.3 is 16.0 Å². The van der Waals surface area contributed by atoms with Crippen LogP contribution in [0.1, 0.15) is 59.0 Å². The summed E-state index contributed by atoms with van der Waals surface area (Å²) in [6.07, 6.45) is 5.76. The molecule has 2 amide bonds. The molecule has 9 heteroatoms. The molecule has 0 radical (unpaired) electrons. The van der Waals surface area contributed by atoms with E-state index in [1.54, 1.807) is 17.0 Å². The number of carbonyl (C=O) groups excluding carboxylic acids is 2. The van der Waals surface area contributed by atoms with Crippen LogP contribution in [0, 0.1) is 0 Å². The van der Waals surface area contributed by atoms with Gasteiger partial charge in [-0.05, 0) is 61.0 Å². The fourth-order valence-electron chi connectivity index (χ4n) is 4.41. The Morgan fingerprint density at radius 2 is 2.14 bits per heavy atom. The predicted molar refractivity (Wildman–Crippen MR) is 154 cm³/mol. The smallest absolute Gasteiger partial charge is 0.255 e. The third-order valence-electron chi connectivity index (χ3n) is 6.45. The Balaban J connectivity index is 1.39. The average Bonchev–Trinajstić information content (AvgIpc) is 3.31. The van der Waals surface area contributed by atoms with Crippen molar-refractivity contribution < 1.29 is 9.59 Å². The summed E-state index contributed by atoms with van der Waals surface area (Å²) in [4.78, 5) is 31.9. The van der Waals surface area contributed by atoms with Crippen molar-refractivity contribution in [3.8, 4) is 0 Å². The number of anilines is 1. The van der Waals surface area contributed by atoms with Gasteiger partial charge in [0.25, 0.3) is 11.8 Å². The minimum Gasteiger partial charge on any atom is -0.337 e. The molecule has 4 atom stereocenters. The molecular formula is C28H33ClN5O2P. The average molecular weight is 538 g/mol. The molecule has 0 spiro atoms. The van der Waals surface area contributed by atoms with Gasteiger partial charge in [-0.2, -0.15) is 0 Å². The van der Waals surface area contributed by atoms with Crippen molar-refractivity contribution in [1.82, 2.24) is 10.2 Å². The molecule has 0 bridgehead atoms. The maximum absolute atomic E-state index is 12.9. The Hall–Kier alpha value is -2.83. The van der Waals surface area contributed by atoms with Crippen LogP contribution in [-0.2, 0) is 0 Å². The van der Waals surface area contributed by atoms with Gasteiger partial charge >= 0.3 is 0 Å². The van der Waals surface area contributed by atoms with E-state index in [1.165, 1.54) is 6.07 Å². The van der Waals surface area contributed by atoms with E-state index in [1.807, 2.05) is 30.5 Å². The van der Waals surface area contributed by atoms with E-state index in [-0.39, 0.29) is 34.7 Å². The number of carbonyl (C=O) groups is 2. The first-order chi connectivity index (χ1) is 17.7. The van der Waals surface area contributed by atoms with E-state index in [0.717, 1.165) is 29.4 Å². The van der Waals surface area contributed by atoms with Gasteiger partial charge in [0.2, 0.25) is 0 Å². The molecule has 0 aliphatic carbocycles. The molecular weight excluding hydrogens is 505 g/mol. The van der Waals surface area contributed by atoms with Gasteiger partial charge in [0.1, 0.15) is 0 Å². The molecule has 4 rings (SSSR count). The lowest BCUT2D eigenvalue weighted by molar-refractivity contribution is 0.0790. The highest BCUT2D eigenvalue weighted by molar-refractivity contribution is 7.45. The van der Waals surface area contributed by atoms with Crippen molar-refractivity contribution >= 4 is 43.9 Å². The summed E-state index contributed by atoms with van der Waals surface area (Å²) in [5.41, 5.74) is 9.37. The van der Waals surface area contributed by atoms with Crippen molar-refractivity contribution in [2.24, 2.45) is 10.7 Å². The van der Waals surface area contributed by atoms with Gasteiger partial charge in [0, 0.05) is 42.6 Å². The highest BCUT2D eigenvalue weighted by atomic mass is 35.5. The zero-order valence-electron chi connectivity index (χ0n) is 21.1. The number of halogens is 1. The molecule has 2 heterocycles. The Kier molecular flexibility index (Phi) is 8.93. The van der Waals surface area contributed by atoms with Crippen LogP contribution in [0.2, 0.25) is 5.02 Å². The standard InChI is InChI=1S/C28H33ClN5O2P/c1-4-6-25-18(3)37-26(15-31-25)32-17(2)19-7-5-8-22(13-19)33-27(35)20-9-10-23(24(29)14-20)28(36)34-12-11-21(30)16-34/h5-10,13-15,17,21,26,32,37H,3-4,11-12,16,30H2,1-2H3,(H,33,35)/b25-6+/t17?,21-,26?/m1/s1. The molecule has 0 aromatic heterocycles. The number of nitrogens with two attached hydrogens (primary N) is 1. The van der Waals surface area contributed by atoms with Gasteiger partial charge in [-0.1, -0.05) is 51.9 Å². The molecule has 1 fully saturated rings. The first kappa shape index (κ1) is 27.2. The number of likely N-dealkylation sites (tertiary alicyclic amines) is 1. The van der Waals surface area contributed by atoms with Crippen molar-refractivity contribution in [2.45, 2.75) is 44.6 Å². The fraction of sp³-hybridized carbons (Fsp3) is 0.321. The quantitative estimate of drug-likeness (QED) is 0.417. The Labute approximate surface area is 225 Å². The highest BCUT2D eigenvalue weighted by Crippen LogP contribution is 2.37. The molecule has 2 aliphatic rings. The number of hydrogen-bond acceptors (Lipinski definition) is 5. The third-order valence-corrected chi connectivity index (χ3v) is 7.99. The Morgan fingerprint density at radius 1 is 1.32 bits per heavy atom. The number of allylic oxidation sites excluding steroid dienone is 2. The number of aliphatic imine (C=N–C) groups is 1. The van der Waals surface area contributed by atoms with Gasteiger partial charge in [0.15, 0.2) is 0 Å². The lowest BCUT2D eigenvalue weighted by Gasteiger charge is -2.25. The molecule has 194 valence electrons. The summed E-state index contributed by atoms with van der Waals surface area (Å²) >= 11 is 6.40. The molecule has 1 saturated heterocycles. The van der Waals surface area contributed by atoms with Gasteiger partial charge in [-0.15, -0.1) is 0 Å². The van der Waals surface area contributed by atoms with E-state index < -0.39 is 0 Å². The van der Waals surface area contributed by atoms with Crippen LogP contribution in [-0.4, -0.2) is 47.8 Å². The van der Waals surface area contributed by atoms with Crippen LogP contribution in [0.4, 0.5) is 5.69 Å². The topological polar surface area (TPSA) is 99.8 Å². The fourth-order valence-corrected chi connectivity index (χ4v) is 5.85. The van der Waals surface area contributed by atoms with E-state index in [4.69, 9.17) is 17.3 Å². The number of nitrogens with zero attached hydrogens (tertiary/aromatic N) is 2. The SMILES string of the molecule is C=C1PC(NC(C)c2cccc(NC(=O)c3ccc(C(=O)N4CC[C@@H](N)C4)c(Cl)c3)c2)C=N/C1=C/CC. The zero-order valence-corrected chi connectivity index (χ0v) is 22.9. The summed E-state index contributed by atoms with van der Waals surface area (Å²) in [6, 6.07) is 12.5. The van der Waals surface area contributed by atoms with E-state index in [0.29, 0.717) is 38.5 Å². The van der Waals surface area contributed by atoms with Crippen LogP contribution >= 0.6 is 20.2 Å². The molecule has 7 nitrogen and oxygen atoms in total. The number of nitrogens with one attached hydrogen (secondary N) is 2. The van der Waals surface area contributed by atoms with Gasteiger partial charge in [-0.25, -0.2) is 0 Å². The molecule has 3 unspecified atom stereocenters. The third kappa shape index (κ3) is 6.74. The molecule has 2 aromatic carbocycles. The lowest BCUT2D eigenvalue weighted by Crippen LogP contribution is -2.32. The Bertz CT molecular complexity index is 1260. The first-order valence-corrected chi connectivity index (χ1v) is 13.9. The van der Waals surface area contributed by atoms with Gasteiger partial charge in [0.05, 0.1) is 22.1 Å². The van der Waals surface area contributed by atoms with Crippen molar-refractivity contribution in [3.63, 3.8) is 0 Å². The summed E-state index contributed by atoms with van der Waals surface area (Å²) in [5.74, 6) is -0.340. The Morgan fingerprint density at radius 3 is 2.81 bits per heavy atom. The number of benzene rings is 2. The summed E-state index contributed by atoms with van der Waals surface area (Å²) < 4.78 is 0. The molecule has 37 heavy (non-hydrogen) atoms. The molecule has 4 N–H and O–H groups in total. The molecule has 2 aliphatic heterocycles. The van der Waals surface area contributed by atoms with Crippen LogP contribution in [0.15, 0.2) is 71.1 Å². The van der Waals surface area contributed by atoms with Crippen molar-refractivity contribution in [3.05, 3.63) is 87.8 Å². The lowest BCUT2D eigenvalue weighted by atomic mass is 10.1. The molecule has 0 saturated carbocycles. The first-order valence-electron chi connectivity index (χ1n) is 12.5. The van der Waals surface area contributed by atoms with Crippen molar-refractivity contribution in [2.75, 3.05) is 18.4 Å². The summed E-state index contributed by atoms with van der Waals surface area (Å²) in [5, 5.41) is 7.84. The van der Waals surface area contributed by atoms with E-state index >= 15 is 0 Å². The second-order valence-electron chi connectivity index (χ2n) is 9.34. The second-order valence-corrected chi connectivity index (χ2v) is 11.3. The largest absolute Gasteiger partial charge is 0.337 e. The van der Waals surface area contributed by atoms with Crippen LogP contribution in [0.5, 0.6) is 0 Å². The maximum Gasteiger partial charge on any atom is 0.255 e.